The van der Waals surface area contributed by atoms with Gasteiger partial charge in [0.1, 0.15) is 0 Å². The molecule has 0 N–H and O–H groups in total. The molecule has 0 aliphatic rings. The van der Waals surface area contributed by atoms with E-state index in [2.05, 4.69) is 159 Å². The average Bonchev–Trinajstić information content (AvgIpc) is 3.59. The molecule has 0 unspecified atom stereocenters. The van der Waals surface area contributed by atoms with Gasteiger partial charge in [0.2, 0.25) is 0 Å². The second-order valence-electron chi connectivity index (χ2n) is 10.6. The van der Waals surface area contributed by atoms with E-state index in [1.54, 1.807) is 0 Å². The summed E-state index contributed by atoms with van der Waals surface area (Å²) in [4.78, 5) is 0. The topological polar surface area (TPSA) is 0 Å². The molecule has 8 aromatic rings. The van der Waals surface area contributed by atoms with E-state index in [1.807, 2.05) is 0 Å². The van der Waals surface area contributed by atoms with Gasteiger partial charge in [-0.3, -0.25) is 0 Å². The van der Waals surface area contributed by atoms with Gasteiger partial charge in [-0.15, -0.1) is 56.9 Å². The van der Waals surface area contributed by atoms with E-state index in [9.17, 15) is 0 Å². The number of benzene rings is 6. The standard InChI is InChI=1S/2C20H15.Zr/c2*1-14-12-13-20-16(14)9-5-11-19(20)18-10-4-7-15-6-2-3-8-17(15)18;/h2*2-13H,1H3;/q2*-1;+2. The zero-order valence-electron chi connectivity index (χ0n) is 23.4. The van der Waals surface area contributed by atoms with Crippen molar-refractivity contribution in [2.75, 3.05) is 0 Å². The Balaban J connectivity index is 0.000000144. The zero-order chi connectivity index (χ0) is 27.1. The van der Waals surface area contributed by atoms with Crippen LogP contribution in [0.3, 0.4) is 0 Å². The van der Waals surface area contributed by atoms with E-state index in [0.29, 0.717) is 0 Å². The predicted molar refractivity (Wildman–Crippen MR) is 174 cm³/mol. The van der Waals surface area contributed by atoms with Gasteiger partial charge in [0.25, 0.3) is 0 Å². The summed E-state index contributed by atoms with van der Waals surface area (Å²) in [7, 11) is 0. The molecule has 194 valence electrons. The minimum absolute atomic E-state index is 0. The van der Waals surface area contributed by atoms with Gasteiger partial charge in [0.15, 0.2) is 0 Å². The summed E-state index contributed by atoms with van der Waals surface area (Å²) in [6.07, 6.45) is 0. The molecule has 0 heterocycles. The van der Waals surface area contributed by atoms with Crippen molar-refractivity contribution in [2.24, 2.45) is 0 Å². The normalized spacial score (nSPS) is 11.0. The number of aryl methyl sites for hydroxylation is 2. The summed E-state index contributed by atoms with van der Waals surface area (Å²) in [5, 5.41) is 10.6. The molecule has 0 bridgehead atoms. The first-order chi connectivity index (χ1) is 19.7. The van der Waals surface area contributed by atoms with E-state index in [4.69, 9.17) is 0 Å². The molecular formula is C40H30Zr. The SMILES string of the molecule is C[c-]1ccc2c(-c3cccc4ccccc34)cccc21.C[c-]1ccc2c(-c3cccc4ccccc34)cccc21.[Zr+2]. The second-order valence-corrected chi connectivity index (χ2v) is 10.6. The van der Waals surface area contributed by atoms with Crippen LogP contribution in [0.15, 0.2) is 146 Å². The van der Waals surface area contributed by atoms with Crippen LogP contribution in [0.4, 0.5) is 0 Å². The summed E-state index contributed by atoms with van der Waals surface area (Å²) in [5.41, 5.74) is 7.99. The van der Waals surface area contributed by atoms with E-state index in [-0.39, 0.29) is 26.2 Å². The predicted octanol–water partition coefficient (Wildman–Crippen LogP) is 11.4. The van der Waals surface area contributed by atoms with Crippen molar-refractivity contribution in [3.8, 4) is 22.3 Å². The maximum Gasteiger partial charge on any atom is 2.00 e. The summed E-state index contributed by atoms with van der Waals surface area (Å²) in [6, 6.07) is 52.3. The molecule has 0 amide bonds. The Morgan fingerprint density at radius 2 is 0.683 bits per heavy atom. The summed E-state index contributed by atoms with van der Waals surface area (Å²) < 4.78 is 0. The fourth-order valence-corrected chi connectivity index (χ4v) is 6.16. The molecule has 0 saturated heterocycles. The molecule has 0 atom stereocenters. The summed E-state index contributed by atoms with van der Waals surface area (Å²) >= 11 is 0. The Morgan fingerprint density at radius 1 is 0.341 bits per heavy atom. The van der Waals surface area contributed by atoms with Gasteiger partial charge in [-0.05, 0) is 32.7 Å². The smallest absolute Gasteiger partial charge is 0.167 e. The molecule has 0 nitrogen and oxygen atoms in total. The van der Waals surface area contributed by atoms with Crippen LogP contribution in [0.2, 0.25) is 0 Å². The number of hydrogen-bond donors (Lipinski definition) is 0. The maximum absolute atomic E-state index is 2.24. The third kappa shape index (κ3) is 4.90. The van der Waals surface area contributed by atoms with Crippen LogP contribution in [-0.2, 0) is 26.2 Å². The molecule has 41 heavy (non-hydrogen) atoms. The molecule has 0 radical (unpaired) electrons. The molecule has 1 heteroatoms. The second kappa shape index (κ2) is 11.4. The quantitative estimate of drug-likeness (QED) is 0.173. The first-order valence-corrected chi connectivity index (χ1v) is 14.0. The first kappa shape index (κ1) is 27.1. The minimum atomic E-state index is 0. The molecule has 0 aliphatic heterocycles. The number of fused-ring (bicyclic) bond motifs is 4. The van der Waals surface area contributed by atoms with Gasteiger partial charge in [0.05, 0.1) is 0 Å². The molecular weight excluding hydrogens is 572 g/mol. The van der Waals surface area contributed by atoms with Gasteiger partial charge in [0, 0.05) is 0 Å². The molecule has 0 fully saturated rings. The third-order valence-corrected chi connectivity index (χ3v) is 8.22. The van der Waals surface area contributed by atoms with Crippen molar-refractivity contribution >= 4 is 43.1 Å². The Morgan fingerprint density at radius 3 is 1.12 bits per heavy atom. The Hall–Kier alpha value is -4.06. The van der Waals surface area contributed by atoms with Crippen LogP contribution in [-0.4, -0.2) is 0 Å². The van der Waals surface area contributed by atoms with Crippen molar-refractivity contribution in [1.82, 2.24) is 0 Å². The summed E-state index contributed by atoms with van der Waals surface area (Å²) in [6.45, 7) is 4.35. The molecule has 0 aromatic heterocycles. The first-order valence-electron chi connectivity index (χ1n) is 14.0. The van der Waals surface area contributed by atoms with Gasteiger partial charge in [-0.2, -0.15) is 24.3 Å². The Bertz CT molecular complexity index is 1970. The van der Waals surface area contributed by atoms with Crippen molar-refractivity contribution in [3.63, 3.8) is 0 Å². The van der Waals surface area contributed by atoms with Crippen LogP contribution in [0.25, 0.3) is 65.3 Å². The fourth-order valence-electron chi connectivity index (χ4n) is 6.16. The van der Waals surface area contributed by atoms with E-state index < -0.39 is 0 Å². The minimum Gasteiger partial charge on any atom is -0.167 e. The van der Waals surface area contributed by atoms with Crippen LogP contribution >= 0.6 is 0 Å². The molecule has 0 spiro atoms. The van der Waals surface area contributed by atoms with Crippen molar-refractivity contribution in [1.29, 1.82) is 0 Å². The van der Waals surface area contributed by atoms with Gasteiger partial charge < -0.3 is 0 Å². The van der Waals surface area contributed by atoms with Gasteiger partial charge in [-0.25, -0.2) is 0 Å². The number of rotatable bonds is 2. The van der Waals surface area contributed by atoms with Crippen molar-refractivity contribution in [3.05, 3.63) is 157 Å². The van der Waals surface area contributed by atoms with Gasteiger partial charge in [-0.1, -0.05) is 122 Å². The zero-order valence-corrected chi connectivity index (χ0v) is 25.8. The molecule has 8 rings (SSSR count). The van der Waals surface area contributed by atoms with E-state index in [0.717, 1.165) is 0 Å². The van der Waals surface area contributed by atoms with Crippen LogP contribution in [0.1, 0.15) is 11.1 Å². The molecule has 8 aromatic carbocycles. The van der Waals surface area contributed by atoms with Crippen molar-refractivity contribution < 1.29 is 26.2 Å². The van der Waals surface area contributed by atoms with Gasteiger partial charge >= 0.3 is 26.2 Å². The van der Waals surface area contributed by atoms with Crippen LogP contribution in [0, 0.1) is 13.8 Å². The van der Waals surface area contributed by atoms with Crippen LogP contribution < -0.4 is 0 Å². The summed E-state index contributed by atoms with van der Waals surface area (Å²) in [5.74, 6) is 0. The molecule has 0 saturated carbocycles. The largest absolute Gasteiger partial charge is 2.00 e. The fraction of sp³-hybridized carbons (Fsp3) is 0.0500. The Labute approximate surface area is 260 Å². The third-order valence-electron chi connectivity index (χ3n) is 8.22. The Kier molecular flexibility index (Phi) is 7.57. The van der Waals surface area contributed by atoms with E-state index >= 15 is 0 Å². The maximum atomic E-state index is 2.24. The number of hydrogen-bond acceptors (Lipinski definition) is 0. The monoisotopic (exact) mass is 600 g/mol. The van der Waals surface area contributed by atoms with E-state index in [1.165, 1.54) is 76.5 Å². The average molecular weight is 602 g/mol. The molecule has 0 aliphatic carbocycles. The van der Waals surface area contributed by atoms with Crippen molar-refractivity contribution in [2.45, 2.75) is 13.8 Å². The van der Waals surface area contributed by atoms with Crippen LogP contribution in [0.5, 0.6) is 0 Å².